The van der Waals surface area contributed by atoms with Crippen molar-refractivity contribution in [2.24, 2.45) is 0 Å². The van der Waals surface area contributed by atoms with Gasteiger partial charge in [-0.1, -0.05) is 18.5 Å². The van der Waals surface area contributed by atoms with E-state index in [0.29, 0.717) is 12.2 Å². The highest BCUT2D eigenvalue weighted by molar-refractivity contribution is 6.29. The largest absolute Gasteiger partial charge is 0.439 e. The number of benzene rings is 1. The van der Waals surface area contributed by atoms with Gasteiger partial charge in [-0.3, -0.25) is 0 Å². The van der Waals surface area contributed by atoms with Crippen LogP contribution in [-0.2, 0) is 6.42 Å². The third kappa shape index (κ3) is 3.43. The van der Waals surface area contributed by atoms with Gasteiger partial charge < -0.3 is 4.74 Å². The van der Waals surface area contributed by atoms with Crippen LogP contribution in [0.3, 0.4) is 0 Å². The molecule has 4 nitrogen and oxygen atoms in total. The summed E-state index contributed by atoms with van der Waals surface area (Å²) in [7, 11) is 0. The van der Waals surface area contributed by atoms with Gasteiger partial charge in [-0.25, -0.2) is 9.37 Å². The van der Waals surface area contributed by atoms with E-state index in [1.165, 1.54) is 18.2 Å². The van der Waals surface area contributed by atoms with Gasteiger partial charge in [0.1, 0.15) is 28.6 Å². The predicted octanol–water partition coefficient (Wildman–Crippen LogP) is 3.89. The molecule has 1 heterocycles. The number of ether oxygens (including phenoxy) is 1. The molecule has 0 fully saturated rings. The van der Waals surface area contributed by atoms with E-state index in [0.717, 1.165) is 12.5 Å². The molecule has 0 saturated heterocycles. The summed E-state index contributed by atoms with van der Waals surface area (Å²) in [5.74, 6) is 0.430. The van der Waals surface area contributed by atoms with Crippen LogP contribution in [0.4, 0.5) is 4.39 Å². The van der Waals surface area contributed by atoms with Crippen LogP contribution in [0, 0.1) is 17.1 Å². The Balaban J connectivity index is 2.25. The van der Waals surface area contributed by atoms with E-state index in [4.69, 9.17) is 21.6 Å². The highest BCUT2D eigenvalue weighted by atomic mass is 35.5. The van der Waals surface area contributed by atoms with E-state index >= 15 is 0 Å². The van der Waals surface area contributed by atoms with Crippen LogP contribution < -0.4 is 4.74 Å². The van der Waals surface area contributed by atoms with Gasteiger partial charge in [-0.2, -0.15) is 10.2 Å². The number of rotatable bonds is 4. The van der Waals surface area contributed by atoms with Crippen molar-refractivity contribution in [1.82, 2.24) is 9.97 Å². The number of hydrogen-bond donors (Lipinski definition) is 0. The highest BCUT2D eigenvalue weighted by Crippen LogP contribution is 2.23. The summed E-state index contributed by atoms with van der Waals surface area (Å²) in [6.07, 6.45) is 1.56. The summed E-state index contributed by atoms with van der Waals surface area (Å²) in [5.41, 5.74) is -0.0373. The van der Waals surface area contributed by atoms with Gasteiger partial charge in [0.2, 0.25) is 5.88 Å². The normalized spacial score (nSPS) is 10.1. The fourth-order valence-corrected chi connectivity index (χ4v) is 1.79. The van der Waals surface area contributed by atoms with Crippen LogP contribution in [0.25, 0.3) is 0 Å². The van der Waals surface area contributed by atoms with Crippen molar-refractivity contribution in [2.45, 2.75) is 19.8 Å². The van der Waals surface area contributed by atoms with E-state index < -0.39 is 5.82 Å². The van der Waals surface area contributed by atoms with Gasteiger partial charge in [-0.15, -0.1) is 0 Å². The molecule has 0 N–H and O–H groups in total. The second-order valence-electron chi connectivity index (χ2n) is 4.05. The van der Waals surface area contributed by atoms with Crippen LogP contribution in [0.1, 0.15) is 24.7 Å². The first-order chi connectivity index (χ1) is 9.62. The molecule has 0 bridgehead atoms. The number of halogens is 2. The fourth-order valence-electron chi connectivity index (χ4n) is 1.60. The monoisotopic (exact) mass is 291 g/mol. The Morgan fingerprint density at radius 1 is 1.35 bits per heavy atom. The number of aromatic nitrogens is 2. The molecule has 6 heteroatoms. The maximum Gasteiger partial charge on any atom is 0.224 e. The summed E-state index contributed by atoms with van der Waals surface area (Å²) < 4.78 is 18.9. The average Bonchev–Trinajstić information content (AvgIpc) is 2.38. The van der Waals surface area contributed by atoms with Gasteiger partial charge in [0, 0.05) is 18.6 Å². The first kappa shape index (κ1) is 14.2. The highest BCUT2D eigenvalue weighted by Gasteiger charge is 2.08. The van der Waals surface area contributed by atoms with Crippen LogP contribution in [0.5, 0.6) is 11.6 Å². The van der Waals surface area contributed by atoms with Crippen molar-refractivity contribution in [3.63, 3.8) is 0 Å². The number of nitriles is 1. The zero-order chi connectivity index (χ0) is 14.5. The van der Waals surface area contributed by atoms with Gasteiger partial charge in [0.05, 0.1) is 5.56 Å². The maximum absolute atomic E-state index is 13.5. The van der Waals surface area contributed by atoms with Gasteiger partial charge in [0.15, 0.2) is 0 Å². The molecule has 0 unspecified atom stereocenters. The quantitative estimate of drug-likeness (QED) is 0.802. The summed E-state index contributed by atoms with van der Waals surface area (Å²) >= 11 is 5.88. The third-order valence-corrected chi connectivity index (χ3v) is 2.67. The standard InChI is InChI=1S/C14H11ClFN3O/c1-2-3-13-18-12(15)7-14(19-13)20-10-5-4-9(8-17)11(16)6-10/h4-7H,2-3H2,1H3. The van der Waals surface area contributed by atoms with Gasteiger partial charge >= 0.3 is 0 Å². The smallest absolute Gasteiger partial charge is 0.224 e. The zero-order valence-electron chi connectivity index (χ0n) is 10.7. The van der Waals surface area contributed by atoms with Crippen molar-refractivity contribution in [3.8, 4) is 17.7 Å². The molecule has 0 atom stereocenters. The lowest BCUT2D eigenvalue weighted by Gasteiger charge is -2.07. The topological polar surface area (TPSA) is 58.8 Å². The minimum absolute atomic E-state index is 0.0373. The Morgan fingerprint density at radius 3 is 2.80 bits per heavy atom. The number of hydrogen-bond acceptors (Lipinski definition) is 4. The molecule has 20 heavy (non-hydrogen) atoms. The molecule has 102 valence electrons. The molecule has 0 aliphatic rings. The lowest BCUT2D eigenvalue weighted by molar-refractivity contribution is 0.453. The molecular weight excluding hydrogens is 281 g/mol. The van der Waals surface area contributed by atoms with Crippen LogP contribution in [-0.4, -0.2) is 9.97 Å². The molecule has 0 spiro atoms. The fraction of sp³-hybridized carbons (Fsp3) is 0.214. The summed E-state index contributed by atoms with van der Waals surface area (Å²) in [6.45, 7) is 2.00. The van der Waals surface area contributed by atoms with Crippen molar-refractivity contribution < 1.29 is 9.13 Å². The van der Waals surface area contributed by atoms with Crippen LogP contribution in [0.15, 0.2) is 24.3 Å². The van der Waals surface area contributed by atoms with Crippen molar-refractivity contribution in [1.29, 1.82) is 5.26 Å². The Labute approximate surface area is 120 Å². The van der Waals surface area contributed by atoms with E-state index in [2.05, 4.69) is 9.97 Å². The first-order valence-electron chi connectivity index (χ1n) is 6.03. The summed E-state index contributed by atoms with van der Waals surface area (Å²) in [6, 6.07) is 7.18. The molecule has 1 aromatic heterocycles. The minimum atomic E-state index is -0.640. The molecule has 2 rings (SSSR count). The van der Waals surface area contributed by atoms with Crippen molar-refractivity contribution in [2.75, 3.05) is 0 Å². The molecule has 0 aliphatic carbocycles. The van der Waals surface area contributed by atoms with Crippen molar-refractivity contribution >= 4 is 11.6 Å². The summed E-state index contributed by atoms with van der Waals surface area (Å²) in [4.78, 5) is 8.25. The average molecular weight is 292 g/mol. The van der Waals surface area contributed by atoms with Crippen molar-refractivity contribution in [3.05, 3.63) is 46.6 Å². The Bertz CT molecular complexity index is 670. The molecule has 2 aromatic rings. The lowest BCUT2D eigenvalue weighted by Crippen LogP contribution is -1.98. The second kappa shape index (κ2) is 6.31. The predicted molar refractivity (Wildman–Crippen MR) is 72.2 cm³/mol. The Hall–Kier alpha value is -2.19. The Morgan fingerprint density at radius 2 is 2.15 bits per heavy atom. The molecular formula is C14H11ClFN3O. The van der Waals surface area contributed by atoms with E-state index in [9.17, 15) is 4.39 Å². The molecule has 0 amide bonds. The van der Waals surface area contributed by atoms with Crippen LogP contribution >= 0.6 is 11.6 Å². The molecule has 0 aliphatic heterocycles. The van der Waals surface area contributed by atoms with E-state index in [1.807, 2.05) is 6.92 Å². The van der Waals surface area contributed by atoms with E-state index in [1.54, 1.807) is 6.07 Å². The minimum Gasteiger partial charge on any atom is -0.439 e. The van der Waals surface area contributed by atoms with Gasteiger partial charge in [-0.05, 0) is 18.6 Å². The van der Waals surface area contributed by atoms with Gasteiger partial charge in [0.25, 0.3) is 0 Å². The molecule has 0 radical (unpaired) electrons. The summed E-state index contributed by atoms with van der Waals surface area (Å²) in [5, 5.41) is 8.93. The molecule has 1 aromatic carbocycles. The third-order valence-electron chi connectivity index (χ3n) is 2.47. The zero-order valence-corrected chi connectivity index (χ0v) is 11.5. The first-order valence-corrected chi connectivity index (χ1v) is 6.41. The second-order valence-corrected chi connectivity index (χ2v) is 4.44. The SMILES string of the molecule is CCCc1nc(Cl)cc(Oc2ccc(C#N)c(F)c2)n1. The molecule has 0 saturated carbocycles. The lowest BCUT2D eigenvalue weighted by atomic mass is 10.2. The van der Waals surface area contributed by atoms with Crippen LogP contribution in [0.2, 0.25) is 5.15 Å². The van der Waals surface area contributed by atoms with E-state index in [-0.39, 0.29) is 22.3 Å². The Kier molecular flexibility index (Phi) is 4.49. The maximum atomic E-state index is 13.5. The number of aryl methyl sites for hydroxylation is 1. The number of nitrogens with zero attached hydrogens (tertiary/aromatic N) is 3.